The zero-order valence-electron chi connectivity index (χ0n) is 13.7. The number of aromatic amines is 1. The molecule has 0 saturated carbocycles. The third-order valence-electron chi connectivity index (χ3n) is 4.59. The van der Waals surface area contributed by atoms with Crippen LogP contribution in [0, 0.1) is 6.92 Å². The van der Waals surface area contributed by atoms with Gasteiger partial charge in [-0.25, -0.2) is 0 Å². The number of nitrogens with one attached hydrogen (secondary N) is 1. The first-order chi connectivity index (χ1) is 12.1. The summed E-state index contributed by atoms with van der Waals surface area (Å²) in [6, 6.07) is 20.8. The van der Waals surface area contributed by atoms with E-state index in [2.05, 4.69) is 9.97 Å². The number of benzene rings is 2. The van der Waals surface area contributed by atoms with E-state index >= 15 is 0 Å². The number of fused-ring (bicyclic) bond motifs is 1. The molecular weight excluding hydrogens is 332 g/mol. The Morgan fingerprint density at radius 2 is 1.64 bits per heavy atom. The molecule has 1 atom stereocenters. The van der Waals surface area contributed by atoms with Crippen LogP contribution in [0.3, 0.4) is 0 Å². The summed E-state index contributed by atoms with van der Waals surface area (Å²) >= 11 is 6.04. The SMILES string of the molecule is Cc1nccc2[nH]c([C@@](O)(c3ccccc3)c3ccc(Cl)cc3)cc12. The summed E-state index contributed by atoms with van der Waals surface area (Å²) in [5.41, 5.74) is 2.80. The minimum Gasteiger partial charge on any atom is -0.375 e. The van der Waals surface area contributed by atoms with Gasteiger partial charge >= 0.3 is 0 Å². The summed E-state index contributed by atoms with van der Waals surface area (Å²) in [5, 5.41) is 13.4. The fourth-order valence-electron chi connectivity index (χ4n) is 3.24. The van der Waals surface area contributed by atoms with Crippen molar-refractivity contribution in [2.75, 3.05) is 0 Å². The van der Waals surface area contributed by atoms with Gasteiger partial charge < -0.3 is 10.1 Å². The first-order valence-corrected chi connectivity index (χ1v) is 8.45. The molecule has 0 saturated heterocycles. The van der Waals surface area contributed by atoms with Gasteiger partial charge in [0.2, 0.25) is 0 Å². The summed E-state index contributed by atoms with van der Waals surface area (Å²) in [6.45, 7) is 1.96. The summed E-state index contributed by atoms with van der Waals surface area (Å²) < 4.78 is 0. The van der Waals surface area contributed by atoms with Gasteiger partial charge in [-0.05, 0) is 42.3 Å². The lowest BCUT2D eigenvalue weighted by Crippen LogP contribution is -2.29. The van der Waals surface area contributed by atoms with E-state index in [4.69, 9.17) is 11.6 Å². The number of aromatic nitrogens is 2. The van der Waals surface area contributed by atoms with Crippen LogP contribution in [-0.2, 0) is 5.60 Å². The molecular formula is C21H17ClN2O. The molecule has 0 aliphatic rings. The van der Waals surface area contributed by atoms with E-state index < -0.39 is 5.60 Å². The highest BCUT2D eigenvalue weighted by Gasteiger charge is 2.35. The number of pyridine rings is 1. The van der Waals surface area contributed by atoms with Crippen molar-refractivity contribution in [3.63, 3.8) is 0 Å². The van der Waals surface area contributed by atoms with Crippen LogP contribution in [0.1, 0.15) is 22.5 Å². The normalized spacial score (nSPS) is 13.7. The average Bonchev–Trinajstić information content (AvgIpc) is 3.09. The summed E-state index contributed by atoms with van der Waals surface area (Å²) in [6.07, 6.45) is 1.77. The minimum atomic E-state index is -1.31. The van der Waals surface area contributed by atoms with Crippen molar-refractivity contribution in [3.05, 3.63) is 100 Å². The highest BCUT2D eigenvalue weighted by molar-refractivity contribution is 6.30. The second kappa shape index (κ2) is 6.03. The maximum absolute atomic E-state index is 11.8. The molecule has 0 bridgehead atoms. The second-order valence-corrected chi connectivity index (χ2v) is 6.56. The maximum Gasteiger partial charge on any atom is 0.155 e. The molecule has 0 spiro atoms. The van der Waals surface area contributed by atoms with Gasteiger partial charge in [-0.3, -0.25) is 4.98 Å². The maximum atomic E-state index is 11.8. The highest BCUT2D eigenvalue weighted by Crippen LogP contribution is 2.38. The Morgan fingerprint density at radius 3 is 2.32 bits per heavy atom. The molecule has 3 nitrogen and oxygen atoms in total. The molecule has 2 aromatic carbocycles. The van der Waals surface area contributed by atoms with Crippen LogP contribution < -0.4 is 0 Å². The van der Waals surface area contributed by atoms with Crippen LogP contribution in [0.4, 0.5) is 0 Å². The van der Waals surface area contributed by atoms with E-state index in [0.717, 1.165) is 27.7 Å². The van der Waals surface area contributed by atoms with Crippen molar-refractivity contribution < 1.29 is 5.11 Å². The first kappa shape index (κ1) is 15.9. The lowest BCUT2D eigenvalue weighted by Gasteiger charge is -2.28. The average molecular weight is 349 g/mol. The number of aryl methyl sites for hydroxylation is 1. The largest absolute Gasteiger partial charge is 0.375 e. The zero-order chi connectivity index (χ0) is 17.4. The molecule has 25 heavy (non-hydrogen) atoms. The number of halogens is 1. The van der Waals surface area contributed by atoms with Crippen LogP contribution in [0.25, 0.3) is 10.9 Å². The molecule has 4 heteroatoms. The Hall–Kier alpha value is -2.62. The van der Waals surface area contributed by atoms with Crippen molar-refractivity contribution in [1.82, 2.24) is 9.97 Å². The smallest absolute Gasteiger partial charge is 0.155 e. The standard InChI is InChI=1S/C21H17ClN2O/c1-14-18-13-20(24-19(18)11-12-23-14)21(25,15-5-3-2-4-6-15)16-7-9-17(22)10-8-16/h2-13,24-25H,1H3/t21-/m1/s1. The van der Waals surface area contributed by atoms with Gasteiger partial charge in [0, 0.05) is 27.8 Å². The third-order valence-corrected chi connectivity index (χ3v) is 4.84. The Balaban J connectivity index is 1.99. The third kappa shape index (κ3) is 2.62. The lowest BCUT2D eigenvalue weighted by molar-refractivity contribution is 0.121. The quantitative estimate of drug-likeness (QED) is 0.558. The summed E-state index contributed by atoms with van der Waals surface area (Å²) in [4.78, 5) is 7.71. The molecule has 2 heterocycles. The Kier molecular flexibility index (Phi) is 3.83. The zero-order valence-corrected chi connectivity index (χ0v) is 14.5. The van der Waals surface area contributed by atoms with Gasteiger partial charge in [0.1, 0.15) is 0 Å². The highest BCUT2D eigenvalue weighted by atomic mass is 35.5. The van der Waals surface area contributed by atoms with E-state index in [1.165, 1.54) is 0 Å². The molecule has 2 aromatic heterocycles. The van der Waals surface area contributed by atoms with E-state index in [9.17, 15) is 5.11 Å². The first-order valence-electron chi connectivity index (χ1n) is 8.08. The van der Waals surface area contributed by atoms with Crippen LogP contribution >= 0.6 is 11.6 Å². The van der Waals surface area contributed by atoms with Gasteiger partial charge in [-0.2, -0.15) is 0 Å². The fourth-order valence-corrected chi connectivity index (χ4v) is 3.36. The molecule has 0 radical (unpaired) electrons. The van der Waals surface area contributed by atoms with Crippen molar-refractivity contribution in [3.8, 4) is 0 Å². The van der Waals surface area contributed by atoms with Crippen LogP contribution in [-0.4, -0.2) is 15.1 Å². The van der Waals surface area contributed by atoms with Crippen molar-refractivity contribution in [2.24, 2.45) is 0 Å². The fraction of sp³-hybridized carbons (Fsp3) is 0.0952. The predicted molar refractivity (Wildman–Crippen MR) is 101 cm³/mol. The van der Waals surface area contributed by atoms with Crippen molar-refractivity contribution in [2.45, 2.75) is 12.5 Å². The topological polar surface area (TPSA) is 48.9 Å². The van der Waals surface area contributed by atoms with E-state index in [0.29, 0.717) is 10.7 Å². The second-order valence-electron chi connectivity index (χ2n) is 6.12. The molecule has 124 valence electrons. The van der Waals surface area contributed by atoms with Gasteiger partial charge in [0.05, 0.1) is 5.69 Å². The Labute approximate surface area is 150 Å². The van der Waals surface area contributed by atoms with Gasteiger partial charge in [-0.15, -0.1) is 0 Å². The van der Waals surface area contributed by atoms with Crippen molar-refractivity contribution >= 4 is 22.5 Å². The van der Waals surface area contributed by atoms with Crippen molar-refractivity contribution in [1.29, 1.82) is 0 Å². The lowest BCUT2D eigenvalue weighted by atomic mass is 9.83. The van der Waals surface area contributed by atoms with Gasteiger partial charge in [0.15, 0.2) is 5.60 Å². The Morgan fingerprint density at radius 1 is 0.960 bits per heavy atom. The minimum absolute atomic E-state index is 0.635. The molecule has 0 aliphatic carbocycles. The molecule has 4 aromatic rings. The molecule has 2 N–H and O–H groups in total. The molecule has 0 aliphatic heterocycles. The molecule has 4 rings (SSSR count). The molecule has 0 amide bonds. The van der Waals surface area contributed by atoms with Gasteiger partial charge in [-0.1, -0.05) is 54.1 Å². The number of hydrogen-bond acceptors (Lipinski definition) is 2. The van der Waals surface area contributed by atoms with Crippen LogP contribution in [0.15, 0.2) is 72.9 Å². The number of nitrogens with zero attached hydrogens (tertiary/aromatic N) is 1. The predicted octanol–water partition coefficient (Wildman–Crippen LogP) is 4.81. The summed E-state index contributed by atoms with van der Waals surface area (Å²) in [7, 11) is 0. The molecule has 0 fully saturated rings. The van der Waals surface area contributed by atoms with Crippen LogP contribution in [0.5, 0.6) is 0 Å². The van der Waals surface area contributed by atoms with E-state index in [1.54, 1.807) is 18.3 Å². The summed E-state index contributed by atoms with van der Waals surface area (Å²) in [5.74, 6) is 0. The number of H-pyrrole nitrogens is 1. The van der Waals surface area contributed by atoms with Crippen LogP contribution in [0.2, 0.25) is 5.02 Å². The molecule has 0 unspecified atom stereocenters. The van der Waals surface area contributed by atoms with Gasteiger partial charge in [0.25, 0.3) is 0 Å². The van der Waals surface area contributed by atoms with E-state index in [1.807, 2.05) is 61.5 Å². The number of rotatable bonds is 3. The number of hydrogen-bond donors (Lipinski definition) is 2. The monoisotopic (exact) mass is 348 g/mol. The number of aliphatic hydroxyl groups is 1. The van der Waals surface area contributed by atoms with E-state index in [-0.39, 0.29) is 0 Å². The Bertz CT molecular complexity index is 1020.